The molecular weight excluding hydrogens is 290 g/mol. The van der Waals surface area contributed by atoms with Crippen molar-refractivity contribution in [2.45, 2.75) is 46.3 Å². The number of imidazole rings is 1. The molecule has 6 nitrogen and oxygen atoms in total. The Morgan fingerprint density at radius 1 is 1.38 bits per heavy atom. The predicted octanol–water partition coefficient (Wildman–Crippen LogP) is 2.52. The molecule has 0 fully saturated rings. The van der Waals surface area contributed by atoms with E-state index >= 15 is 0 Å². The van der Waals surface area contributed by atoms with Crippen molar-refractivity contribution in [3.8, 4) is 0 Å². The van der Waals surface area contributed by atoms with Gasteiger partial charge in [0, 0.05) is 12.2 Å². The maximum Gasteiger partial charge on any atom is 0.413 e. The number of ether oxygens (including phenoxy) is 1. The van der Waals surface area contributed by atoms with Gasteiger partial charge in [-0.2, -0.15) is 0 Å². The number of hydrogen-bond donors (Lipinski definition) is 1. The second kappa shape index (κ2) is 8.07. The van der Waals surface area contributed by atoms with Crippen LogP contribution in [0.2, 0.25) is 0 Å². The Hall–Kier alpha value is -1.50. The molecular formula is C14H23N3O3S. The van der Waals surface area contributed by atoms with E-state index in [0.29, 0.717) is 5.92 Å². The summed E-state index contributed by atoms with van der Waals surface area (Å²) in [6.45, 7) is 11.0. The zero-order valence-electron chi connectivity index (χ0n) is 13.2. The summed E-state index contributed by atoms with van der Waals surface area (Å²) in [5.74, 6) is 0.241. The third-order valence-electron chi connectivity index (χ3n) is 2.82. The van der Waals surface area contributed by atoms with Gasteiger partial charge in [0.2, 0.25) is 5.91 Å². The first kappa shape index (κ1) is 17.6. The lowest BCUT2D eigenvalue weighted by Crippen LogP contribution is -2.32. The van der Waals surface area contributed by atoms with Crippen molar-refractivity contribution in [3.05, 3.63) is 11.4 Å². The molecule has 0 saturated heterocycles. The molecule has 0 aliphatic rings. The Morgan fingerprint density at radius 2 is 2.05 bits per heavy atom. The Kier molecular flexibility index (Phi) is 6.74. The average Bonchev–Trinajstić information content (AvgIpc) is 2.64. The van der Waals surface area contributed by atoms with Gasteiger partial charge in [-0.15, -0.1) is 0 Å². The third kappa shape index (κ3) is 5.41. The van der Waals surface area contributed by atoms with Crippen LogP contribution in [0.25, 0.3) is 0 Å². The van der Waals surface area contributed by atoms with Crippen LogP contribution in [0.15, 0.2) is 5.16 Å². The number of nitrogens with zero attached hydrogens (tertiary/aromatic N) is 2. The number of amides is 2. The van der Waals surface area contributed by atoms with E-state index in [4.69, 9.17) is 0 Å². The van der Waals surface area contributed by atoms with Gasteiger partial charge < -0.3 is 9.30 Å². The van der Waals surface area contributed by atoms with E-state index in [9.17, 15) is 9.59 Å². The first-order valence-corrected chi connectivity index (χ1v) is 7.96. The first-order valence-electron chi connectivity index (χ1n) is 6.98. The topological polar surface area (TPSA) is 73.2 Å². The van der Waals surface area contributed by atoms with Gasteiger partial charge in [0.05, 0.1) is 18.1 Å². The van der Waals surface area contributed by atoms with Crippen molar-refractivity contribution in [2.75, 3.05) is 12.4 Å². The molecule has 1 N–H and O–H groups in total. The lowest BCUT2D eigenvalue weighted by molar-refractivity contribution is -0.117. The van der Waals surface area contributed by atoms with Crippen molar-refractivity contribution >= 4 is 23.8 Å². The highest BCUT2D eigenvalue weighted by Crippen LogP contribution is 2.22. The molecule has 0 saturated carbocycles. The largest absolute Gasteiger partial charge is 0.450 e. The molecule has 0 aliphatic carbocycles. The minimum absolute atomic E-state index is 0.132. The second-order valence-corrected chi connectivity index (χ2v) is 6.07. The van der Waals surface area contributed by atoms with Crippen LogP contribution in [-0.4, -0.2) is 33.9 Å². The van der Waals surface area contributed by atoms with E-state index in [1.807, 2.05) is 13.8 Å². The molecule has 1 aromatic rings. The first-order chi connectivity index (χ1) is 9.85. The van der Waals surface area contributed by atoms with Crippen LogP contribution in [0.1, 0.15) is 32.2 Å². The van der Waals surface area contributed by atoms with Crippen LogP contribution < -0.4 is 5.32 Å². The second-order valence-electron chi connectivity index (χ2n) is 5.13. The molecule has 2 amide bonds. The molecule has 0 atom stereocenters. The van der Waals surface area contributed by atoms with Gasteiger partial charge in [-0.25, -0.2) is 9.78 Å². The third-order valence-corrected chi connectivity index (χ3v) is 3.80. The van der Waals surface area contributed by atoms with Crippen molar-refractivity contribution in [2.24, 2.45) is 5.92 Å². The van der Waals surface area contributed by atoms with E-state index in [1.54, 1.807) is 6.92 Å². The summed E-state index contributed by atoms with van der Waals surface area (Å²) in [5.41, 5.74) is 2.07. The van der Waals surface area contributed by atoms with Gasteiger partial charge in [-0.1, -0.05) is 25.6 Å². The fourth-order valence-electron chi connectivity index (χ4n) is 1.76. The SMILES string of the molecule is CCOC(=O)NC(=O)CSc1nc(C)c(C)n1CC(C)C. The van der Waals surface area contributed by atoms with Gasteiger partial charge >= 0.3 is 6.09 Å². The van der Waals surface area contributed by atoms with Crippen molar-refractivity contribution in [1.82, 2.24) is 14.9 Å². The fraction of sp³-hybridized carbons (Fsp3) is 0.643. The summed E-state index contributed by atoms with van der Waals surface area (Å²) in [7, 11) is 0. The van der Waals surface area contributed by atoms with Crippen molar-refractivity contribution < 1.29 is 14.3 Å². The molecule has 0 bridgehead atoms. The highest BCUT2D eigenvalue weighted by Gasteiger charge is 2.15. The molecule has 1 rings (SSSR count). The number of hydrogen-bond acceptors (Lipinski definition) is 5. The molecule has 0 radical (unpaired) electrons. The molecule has 0 spiro atoms. The number of aryl methyl sites for hydroxylation is 1. The number of nitrogens with one attached hydrogen (secondary N) is 1. The summed E-state index contributed by atoms with van der Waals surface area (Å²) >= 11 is 1.32. The van der Waals surface area contributed by atoms with Gasteiger partial charge in [0.25, 0.3) is 0 Å². The molecule has 1 aromatic heterocycles. The number of carbonyl (C=O) groups is 2. The summed E-state index contributed by atoms with van der Waals surface area (Å²) in [4.78, 5) is 27.3. The molecule has 21 heavy (non-hydrogen) atoms. The molecule has 0 aromatic carbocycles. The number of aromatic nitrogens is 2. The quantitative estimate of drug-likeness (QED) is 0.817. The van der Waals surface area contributed by atoms with Crippen LogP contribution in [0.3, 0.4) is 0 Å². The number of imide groups is 1. The smallest absolute Gasteiger partial charge is 0.413 e. The fourth-order valence-corrected chi connectivity index (χ4v) is 2.66. The Balaban J connectivity index is 2.64. The number of thioether (sulfide) groups is 1. The highest BCUT2D eigenvalue weighted by atomic mass is 32.2. The standard InChI is InChI=1S/C14H23N3O3S/c1-6-20-14(19)16-12(18)8-21-13-15-10(4)11(5)17(13)7-9(2)3/h9H,6-8H2,1-5H3,(H,16,18,19). The molecule has 0 aliphatic heterocycles. The Bertz CT molecular complexity index is 512. The van der Waals surface area contributed by atoms with Gasteiger partial charge in [-0.3, -0.25) is 10.1 Å². The van der Waals surface area contributed by atoms with Crippen LogP contribution in [0.5, 0.6) is 0 Å². The normalized spacial score (nSPS) is 10.8. The van der Waals surface area contributed by atoms with Crippen LogP contribution in [0.4, 0.5) is 4.79 Å². The lowest BCUT2D eigenvalue weighted by Gasteiger charge is -2.12. The zero-order chi connectivity index (χ0) is 16.0. The van der Waals surface area contributed by atoms with Crippen molar-refractivity contribution in [3.63, 3.8) is 0 Å². The van der Waals surface area contributed by atoms with E-state index in [2.05, 4.69) is 33.5 Å². The van der Waals surface area contributed by atoms with Gasteiger partial charge in [0.1, 0.15) is 0 Å². The van der Waals surface area contributed by atoms with E-state index < -0.39 is 6.09 Å². The number of carbonyl (C=O) groups excluding carboxylic acids is 2. The predicted molar refractivity (Wildman–Crippen MR) is 82.4 cm³/mol. The van der Waals surface area contributed by atoms with E-state index in [0.717, 1.165) is 23.1 Å². The minimum atomic E-state index is -0.707. The van der Waals surface area contributed by atoms with Crippen LogP contribution >= 0.6 is 11.8 Å². The molecule has 7 heteroatoms. The monoisotopic (exact) mass is 313 g/mol. The Labute approximate surface area is 129 Å². The van der Waals surface area contributed by atoms with Gasteiger partial charge in [0.15, 0.2) is 5.16 Å². The maximum atomic E-state index is 11.7. The molecule has 1 heterocycles. The van der Waals surface area contributed by atoms with Gasteiger partial charge in [-0.05, 0) is 26.7 Å². The lowest BCUT2D eigenvalue weighted by atomic mass is 10.2. The summed E-state index contributed by atoms with van der Waals surface area (Å²) < 4.78 is 6.78. The van der Waals surface area contributed by atoms with Crippen LogP contribution in [-0.2, 0) is 16.1 Å². The minimum Gasteiger partial charge on any atom is -0.450 e. The molecule has 118 valence electrons. The van der Waals surface area contributed by atoms with E-state index in [1.165, 1.54) is 11.8 Å². The summed E-state index contributed by atoms with van der Waals surface area (Å²) in [5, 5.41) is 2.98. The summed E-state index contributed by atoms with van der Waals surface area (Å²) in [6.07, 6.45) is -0.707. The van der Waals surface area contributed by atoms with Crippen molar-refractivity contribution in [1.29, 1.82) is 0 Å². The maximum absolute atomic E-state index is 11.7. The van der Waals surface area contributed by atoms with Crippen LogP contribution in [0, 0.1) is 19.8 Å². The highest BCUT2D eigenvalue weighted by molar-refractivity contribution is 7.99. The zero-order valence-corrected chi connectivity index (χ0v) is 14.0. The average molecular weight is 313 g/mol. The summed E-state index contributed by atoms with van der Waals surface area (Å²) in [6, 6.07) is 0. The Morgan fingerprint density at radius 3 is 2.62 bits per heavy atom. The molecule has 0 unspecified atom stereocenters. The van der Waals surface area contributed by atoms with E-state index in [-0.39, 0.29) is 18.3 Å². The number of alkyl carbamates (subject to hydrolysis) is 1. The number of rotatable bonds is 6.